The molecule has 0 spiro atoms. The Balaban J connectivity index is 1.94. The zero-order valence-electron chi connectivity index (χ0n) is 12.2. The van der Waals surface area contributed by atoms with Crippen molar-refractivity contribution in [2.24, 2.45) is 0 Å². The van der Waals surface area contributed by atoms with Crippen LogP contribution >= 0.6 is 11.6 Å². The average Bonchev–Trinajstić information content (AvgIpc) is 2.55. The highest BCUT2D eigenvalue weighted by Gasteiger charge is 2.34. The van der Waals surface area contributed by atoms with Crippen molar-refractivity contribution in [1.82, 2.24) is 0 Å². The summed E-state index contributed by atoms with van der Waals surface area (Å²) in [7, 11) is 0. The zero-order chi connectivity index (χ0) is 17.3. The maximum absolute atomic E-state index is 13.1. The molecule has 3 rings (SSSR count). The van der Waals surface area contributed by atoms with Gasteiger partial charge < -0.3 is 5.32 Å². The first-order valence-corrected chi connectivity index (χ1v) is 7.39. The van der Waals surface area contributed by atoms with Crippen LogP contribution in [0.4, 0.5) is 18.9 Å². The van der Waals surface area contributed by atoms with Gasteiger partial charge in [-0.05, 0) is 41.1 Å². The van der Waals surface area contributed by atoms with E-state index in [4.69, 9.17) is 11.6 Å². The number of halogens is 4. The summed E-state index contributed by atoms with van der Waals surface area (Å²) >= 11 is 5.63. The van der Waals surface area contributed by atoms with Crippen molar-refractivity contribution in [2.75, 3.05) is 5.32 Å². The van der Waals surface area contributed by atoms with Gasteiger partial charge in [0.25, 0.3) is 5.91 Å². The van der Waals surface area contributed by atoms with Gasteiger partial charge in [-0.1, -0.05) is 41.9 Å². The molecular weight excluding hydrogens is 339 g/mol. The van der Waals surface area contributed by atoms with Crippen LogP contribution in [0.2, 0.25) is 5.02 Å². The number of benzene rings is 3. The summed E-state index contributed by atoms with van der Waals surface area (Å²) in [5, 5.41) is 4.03. The number of hydrogen-bond acceptors (Lipinski definition) is 1. The fourth-order valence-corrected chi connectivity index (χ4v) is 2.56. The van der Waals surface area contributed by atoms with E-state index < -0.39 is 17.6 Å². The second-order valence-corrected chi connectivity index (χ2v) is 5.64. The lowest BCUT2D eigenvalue weighted by Crippen LogP contribution is -2.16. The Labute approximate surface area is 140 Å². The average molecular weight is 350 g/mol. The lowest BCUT2D eigenvalue weighted by molar-refractivity contribution is -0.136. The van der Waals surface area contributed by atoms with Crippen LogP contribution in [0.25, 0.3) is 10.8 Å². The lowest BCUT2D eigenvalue weighted by Gasteiger charge is -2.14. The third kappa shape index (κ3) is 3.36. The monoisotopic (exact) mass is 349 g/mol. The number of fused-ring (bicyclic) bond motifs is 1. The van der Waals surface area contributed by atoms with Crippen molar-refractivity contribution in [3.05, 3.63) is 76.8 Å². The molecule has 122 valence electrons. The molecule has 0 saturated heterocycles. The summed E-state index contributed by atoms with van der Waals surface area (Å²) in [6.07, 6.45) is -4.61. The molecule has 0 saturated carbocycles. The number of carbonyl (C=O) groups excluding carboxylic acids is 1. The fourth-order valence-electron chi connectivity index (χ4n) is 2.39. The first-order valence-electron chi connectivity index (χ1n) is 7.01. The highest BCUT2D eigenvalue weighted by atomic mass is 35.5. The smallest absolute Gasteiger partial charge is 0.321 e. The molecular formula is C18H11ClF3NO. The van der Waals surface area contributed by atoms with Crippen LogP contribution in [0.3, 0.4) is 0 Å². The summed E-state index contributed by atoms with van der Waals surface area (Å²) < 4.78 is 39.2. The minimum Gasteiger partial charge on any atom is -0.321 e. The first kappa shape index (κ1) is 16.3. The van der Waals surface area contributed by atoms with Crippen molar-refractivity contribution >= 4 is 34.0 Å². The Kier molecular flexibility index (Phi) is 4.20. The molecule has 6 heteroatoms. The number of carbonyl (C=O) groups is 1. The maximum atomic E-state index is 13.1. The Morgan fingerprint density at radius 1 is 0.917 bits per heavy atom. The third-order valence-electron chi connectivity index (χ3n) is 3.55. The van der Waals surface area contributed by atoms with Crippen LogP contribution < -0.4 is 5.32 Å². The van der Waals surface area contributed by atoms with E-state index in [1.807, 2.05) is 24.3 Å². The minimum atomic E-state index is -4.61. The SMILES string of the molecule is O=C(Nc1ccc(Cl)cc1C(F)(F)F)c1ccc2ccccc2c1. The largest absolute Gasteiger partial charge is 0.418 e. The molecule has 0 aliphatic rings. The lowest BCUT2D eigenvalue weighted by atomic mass is 10.1. The topological polar surface area (TPSA) is 29.1 Å². The predicted octanol–water partition coefficient (Wildman–Crippen LogP) is 5.76. The maximum Gasteiger partial charge on any atom is 0.418 e. The third-order valence-corrected chi connectivity index (χ3v) is 3.78. The molecule has 3 aromatic rings. The van der Waals surface area contributed by atoms with Gasteiger partial charge in [0, 0.05) is 10.6 Å². The van der Waals surface area contributed by atoms with Crippen LogP contribution in [0, 0.1) is 0 Å². The summed E-state index contributed by atoms with van der Waals surface area (Å²) in [4.78, 5) is 12.3. The summed E-state index contributed by atoms with van der Waals surface area (Å²) in [6.45, 7) is 0. The molecule has 0 bridgehead atoms. The van der Waals surface area contributed by atoms with E-state index in [-0.39, 0.29) is 16.3 Å². The molecule has 24 heavy (non-hydrogen) atoms. The number of hydrogen-bond donors (Lipinski definition) is 1. The van der Waals surface area contributed by atoms with Gasteiger partial charge in [-0.25, -0.2) is 0 Å². The van der Waals surface area contributed by atoms with Crippen molar-refractivity contribution in [1.29, 1.82) is 0 Å². The van der Waals surface area contributed by atoms with Crippen molar-refractivity contribution in [3.8, 4) is 0 Å². The predicted molar refractivity (Wildman–Crippen MR) is 88.4 cm³/mol. The van der Waals surface area contributed by atoms with E-state index in [0.29, 0.717) is 0 Å². The van der Waals surface area contributed by atoms with Crippen molar-refractivity contribution < 1.29 is 18.0 Å². The Bertz CT molecular complexity index is 922. The molecule has 0 unspecified atom stereocenters. The van der Waals surface area contributed by atoms with Gasteiger partial charge >= 0.3 is 6.18 Å². The number of anilines is 1. The molecule has 0 aliphatic heterocycles. The Hall–Kier alpha value is -2.53. The van der Waals surface area contributed by atoms with E-state index in [9.17, 15) is 18.0 Å². The Morgan fingerprint density at radius 2 is 1.62 bits per heavy atom. The van der Waals surface area contributed by atoms with E-state index >= 15 is 0 Å². The number of amides is 1. The molecule has 0 atom stereocenters. The van der Waals surface area contributed by atoms with Crippen LogP contribution in [-0.2, 0) is 6.18 Å². The molecule has 1 amide bonds. The fraction of sp³-hybridized carbons (Fsp3) is 0.0556. The van der Waals surface area contributed by atoms with E-state index in [1.54, 1.807) is 18.2 Å². The molecule has 0 radical (unpaired) electrons. The van der Waals surface area contributed by atoms with Crippen molar-refractivity contribution in [3.63, 3.8) is 0 Å². The summed E-state index contributed by atoms with van der Waals surface area (Å²) in [6, 6.07) is 15.6. The van der Waals surface area contributed by atoms with Crippen LogP contribution in [0.5, 0.6) is 0 Å². The highest BCUT2D eigenvalue weighted by Crippen LogP contribution is 2.36. The van der Waals surface area contributed by atoms with Crippen LogP contribution in [0.15, 0.2) is 60.7 Å². The van der Waals surface area contributed by atoms with E-state index in [1.165, 1.54) is 6.07 Å². The highest BCUT2D eigenvalue weighted by molar-refractivity contribution is 6.30. The molecule has 1 N–H and O–H groups in total. The van der Waals surface area contributed by atoms with Gasteiger partial charge in [0.15, 0.2) is 0 Å². The van der Waals surface area contributed by atoms with E-state index in [0.717, 1.165) is 22.9 Å². The number of rotatable bonds is 2. The normalized spacial score (nSPS) is 11.5. The molecule has 0 aliphatic carbocycles. The van der Waals surface area contributed by atoms with Crippen LogP contribution in [0.1, 0.15) is 15.9 Å². The number of nitrogens with one attached hydrogen (secondary N) is 1. The second-order valence-electron chi connectivity index (χ2n) is 5.20. The van der Waals surface area contributed by atoms with E-state index in [2.05, 4.69) is 5.32 Å². The van der Waals surface area contributed by atoms with Gasteiger partial charge in [0.05, 0.1) is 11.3 Å². The zero-order valence-corrected chi connectivity index (χ0v) is 12.9. The van der Waals surface area contributed by atoms with Gasteiger partial charge in [-0.2, -0.15) is 13.2 Å². The summed E-state index contributed by atoms with van der Waals surface area (Å²) in [5.74, 6) is -0.617. The van der Waals surface area contributed by atoms with Gasteiger partial charge in [0.1, 0.15) is 0 Å². The molecule has 3 aromatic carbocycles. The number of alkyl halides is 3. The molecule has 0 aromatic heterocycles. The van der Waals surface area contributed by atoms with Gasteiger partial charge in [-0.3, -0.25) is 4.79 Å². The first-order chi connectivity index (χ1) is 11.3. The molecule has 2 nitrogen and oxygen atoms in total. The van der Waals surface area contributed by atoms with Gasteiger partial charge in [-0.15, -0.1) is 0 Å². The van der Waals surface area contributed by atoms with Gasteiger partial charge in [0.2, 0.25) is 0 Å². The van der Waals surface area contributed by atoms with Crippen molar-refractivity contribution in [2.45, 2.75) is 6.18 Å². The van der Waals surface area contributed by atoms with Crippen LogP contribution in [-0.4, -0.2) is 5.91 Å². The Morgan fingerprint density at radius 3 is 2.33 bits per heavy atom. The quantitative estimate of drug-likeness (QED) is 0.625. The molecule has 0 fully saturated rings. The second kappa shape index (κ2) is 6.17. The summed E-state index contributed by atoms with van der Waals surface area (Å²) in [5.41, 5.74) is -1.04. The minimum absolute atomic E-state index is 0.0500. The molecule has 0 heterocycles. The standard InChI is InChI=1S/C18H11ClF3NO/c19-14-7-8-16(15(10-14)18(20,21)22)23-17(24)13-6-5-11-3-1-2-4-12(11)9-13/h1-10H,(H,23,24).